The summed E-state index contributed by atoms with van der Waals surface area (Å²) in [5.74, 6) is -0.354. The number of anilines is 1. The number of hydrogen-bond acceptors (Lipinski definition) is 6. The van der Waals surface area contributed by atoms with Gasteiger partial charge in [-0.2, -0.15) is 0 Å². The van der Waals surface area contributed by atoms with Crippen molar-refractivity contribution in [3.05, 3.63) is 12.0 Å². The minimum atomic E-state index is -2.99. The Kier molecular flexibility index (Phi) is 4.11. The lowest BCUT2D eigenvalue weighted by molar-refractivity contribution is 0.0596. The van der Waals surface area contributed by atoms with Crippen LogP contribution in [0.3, 0.4) is 0 Å². The maximum atomic E-state index is 11.2. The zero-order chi connectivity index (χ0) is 13.1. The van der Waals surface area contributed by atoms with Gasteiger partial charge in [-0.1, -0.05) is 0 Å². The van der Waals surface area contributed by atoms with Gasteiger partial charge in [0.05, 0.1) is 19.2 Å². The molecule has 7 nitrogen and oxygen atoms in total. The van der Waals surface area contributed by atoms with Gasteiger partial charge in [-0.3, -0.25) is 0 Å². The van der Waals surface area contributed by atoms with Gasteiger partial charge >= 0.3 is 5.97 Å². The summed E-state index contributed by atoms with van der Waals surface area (Å²) in [6.07, 6.45) is 2.98. The SMILES string of the molecule is COC(=O)c1ncn(CCCS(C)(=O)=O)c1N. The third-order valence-corrected chi connectivity index (χ3v) is 3.20. The van der Waals surface area contributed by atoms with Crippen LogP contribution in [0, 0.1) is 0 Å². The number of imidazole rings is 1. The van der Waals surface area contributed by atoms with Gasteiger partial charge in [0.15, 0.2) is 5.69 Å². The fourth-order valence-corrected chi connectivity index (χ4v) is 1.97. The Morgan fingerprint density at radius 1 is 1.59 bits per heavy atom. The Balaban J connectivity index is 2.68. The van der Waals surface area contributed by atoms with Gasteiger partial charge in [0.25, 0.3) is 0 Å². The number of aromatic nitrogens is 2. The van der Waals surface area contributed by atoms with Crippen LogP contribution in [-0.4, -0.2) is 43.1 Å². The molecule has 8 heteroatoms. The zero-order valence-electron chi connectivity index (χ0n) is 9.71. The van der Waals surface area contributed by atoms with E-state index in [4.69, 9.17) is 5.73 Å². The minimum absolute atomic E-state index is 0.0480. The van der Waals surface area contributed by atoms with Crippen molar-refractivity contribution in [3.8, 4) is 0 Å². The fourth-order valence-electron chi connectivity index (χ4n) is 1.32. The molecular weight excluding hydrogens is 246 g/mol. The van der Waals surface area contributed by atoms with Gasteiger partial charge in [-0.25, -0.2) is 18.2 Å². The lowest BCUT2D eigenvalue weighted by Gasteiger charge is -2.04. The van der Waals surface area contributed by atoms with E-state index in [1.54, 1.807) is 0 Å². The first kappa shape index (κ1) is 13.5. The van der Waals surface area contributed by atoms with Gasteiger partial charge in [0.2, 0.25) is 0 Å². The predicted molar refractivity (Wildman–Crippen MR) is 62.3 cm³/mol. The second-order valence-corrected chi connectivity index (χ2v) is 5.91. The molecule has 0 amide bonds. The smallest absolute Gasteiger partial charge is 0.360 e. The molecule has 0 atom stereocenters. The highest BCUT2D eigenvalue weighted by Crippen LogP contribution is 2.11. The number of rotatable bonds is 5. The summed E-state index contributed by atoms with van der Waals surface area (Å²) in [4.78, 5) is 15.0. The molecule has 0 saturated heterocycles. The van der Waals surface area contributed by atoms with Crippen molar-refractivity contribution in [3.63, 3.8) is 0 Å². The van der Waals surface area contributed by atoms with E-state index in [1.165, 1.54) is 24.3 Å². The van der Waals surface area contributed by atoms with Crippen LogP contribution in [0.1, 0.15) is 16.9 Å². The number of methoxy groups -OCH3 is 1. The molecule has 17 heavy (non-hydrogen) atoms. The van der Waals surface area contributed by atoms with E-state index in [0.717, 1.165) is 0 Å². The molecule has 0 spiro atoms. The number of aryl methyl sites for hydroxylation is 1. The number of hydrogen-bond donors (Lipinski definition) is 1. The summed E-state index contributed by atoms with van der Waals surface area (Å²) in [7, 11) is -1.75. The number of nitrogens with zero attached hydrogens (tertiary/aromatic N) is 2. The van der Waals surface area contributed by atoms with Crippen LogP contribution < -0.4 is 5.73 Å². The van der Waals surface area contributed by atoms with Crippen molar-refractivity contribution in [2.24, 2.45) is 0 Å². The molecule has 1 aromatic heterocycles. The molecule has 0 fully saturated rings. The van der Waals surface area contributed by atoms with Gasteiger partial charge in [0, 0.05) is 12.8 Å². The third kappa shape index (κ3) is 3.74. The summed E-state index contributed by atoms with van der Waals surface area (Å²) in [5, 5.41) is 0. The fraction of sp³-hybridized carbons (Fsp3) is 0.556. The van der Waals surface area contributed by atoms with Crippen molar-refractivity contribution in [2.75, 3.05) is 24.9 Å². The Labute approximate surface area is 99.5 Å². The maximum Gasteiger partial charge on any atom is 0.360 e. The van der Waals surface area contributed by atoms with E-state index in [9.17, 15) is 13.2 Å². The summed E-state index contributed by atoms with van der Waals surface area (Å²) in [5.41, 5.74) is 5.73. The van der Waals surface area contributed by atoms with Crippen LogP contribution in [0.4, 0.5) is 5.82 Å². The molecule has 0 aliphatic rings. The van der Waals surface area contributed by atoms with E-state index >= 15 is 0 Å². The zero-order valence-corrected chi connectivity index (χ0v) is 10.5. The quantitative estimate of drug-likeness (QED) is 0.729. The van der Waals surface area contributed by atoms with E-state index < -0.39 is 15.8 Å². The van der Waals surface area contributed by atoms with E-state index in [1.807, 2.05) is 0 Å². The van der Waals surface area contributed by atoms with Crippen LogP contribution in [0.5, 0.6) is 0 Å². The number of sulfone groups is 1. The van der Waals surface area contributed by atoms with E-state index in [2.05, 4.69) is 9.72 Å². The Hall–Kier alpha value is -1.57. The second-order valence-electron chi connectivity index (χ2n) is 3.65. The van der Waals surface area contributed by atoms with Crippen molar-refractivity contribution >= 4 is 21.6 Å². The minimum Gasteiger partial charge on any atom is -0.464 e. The Morgan fingerprint density at radius 3 is 2.76 bits per heavy atom. The highest BCUT2D eigenvalue weighted by molar-refractivity contribution is 7.90. The standard InChI is InChI=1S/C9H15N3O4S/c1-16-9(13)7-8(10)12(6-11-7)4-3-5-17(2,14)15/h6H,3-5,10H2,1-2H3. The largest absolute Gasteiger partial charge is 0.464 e. The van der Waals surface area contributed by atoms with E-state index in [0.29, 0.717) is 13.0 Å². The molecule has 0 aliphatic carbocycles. The maximum absolute atomic E-state index is 11.2. The number of carbonyl (C=O) groups is 1. The van der Waals surface area contributed by atoms with Gasteiger partial charge in [-0.15, -0.1) is 0 Å². The molecule has 0 radical (unpaired) electrons. The highest BCUT2D eigenvalue weighted by Gasteiger charge is 2.15. The molecule has 0 bridgehead atoms. The average molecular weight is 261 g/mol. The molecule has 0 aromatic carbocycles. The van der Waals surface area contributed by atoms with Crippen molar-refractivity contribution in [2.45, 2.75) is 13.0 Å². The number of carbonyl (C=O) groups excluding carboxylic acids is 1. The lowest BCUT2D eigenvalue weighted by atomic mass is 10.4. The lowest BCUT2D eigenvalue weighted by Crippen LogP contribution is -2.10. The van der Waals surface area contributed by atoms with Gasteiger partial charge < -0.3 is 15.0 Å². The number of esters is 1. The summed E-state index contributed by atoms with van der Waals surface area (Å²) in [6, 6.07) is 0. The monoisotopic (exact) mass is 261 g/mol. The molecule has 0 unspecified atom stereocenters. The molecule has 2 N–H and O–H groups in total. The number of nitrogens with two attached hydrogens (primary N) is 1. The van der Waals surface area contributed by atoms with E-state index in [-0.39, 0.29) is 17.3 Å². The number of nitrogen functional groups attached to an aromatic ring is 1. The first-order chi connectivity index (χ1) is 7.85. The van der Waals surface area contributed by atoms with Crippen LogP contribution in [-0.2, 0) is 21.1 Å². The average Bonchev–Trinajstić information content (AvgIpc) is 2.58. The number of ether oxygens (including phenoxy) is 1. The third-order valence-electron chi connectivity index (χ3n) is 2.17. The molecule has 0 aliphatic heterocycles. The second kappa shape index (κ2) is 5.17. The van der Waals surface area contributed by atoms with Crippen LogP contribution in [0.25, 0.3) is 0 Å². The molecular formula is C9H15N3O4S. The highest BCUT2D eigenvalue weighted by atomic mass is 32.2. The van der Waals surface area contributed by atoms with Gasteiger partial charge in [0.1, 0.15) is 15.7 Å². The van der Waals surface area contributed by atoms with Crippen LogP contribution in [0.15, 0.2) is 6.33 Å². The molecule has 0 saturated carbocycles. The van der Waals surface area contributed by atoms with Crippen LogP contribution >= 0.6 is 0 Å². The van der Waals surface area contributed by atoms with Crippen LogP contribution in [0.2, 0.25) is 0 Å². The van der Waals surface area contributed by atoms with Crippen molar-refractivity contribution < 1.29 is 17.9 Å². The summed E-state index contributed by atoms with van der Waals surface area (Å²) < 4.78 is 27.9. The molecule has 1 aromatic rings. The first-order valence-corrected chi connectivity index (χ1v) is 6.98. The summed E-state index contributed by atoms with van der Waals surface area (Å²) >= 11 is 0. The molecule has 1 heterocycles. The Bertz CT molecular complexity index is 506. The first-order valence-electron chi connectivity index (χ1n) is 4.92. The normalized spacial score (nSPS) is 11.4. The van der Waals surface area contributed by atoms with Crippen molar-refractivity contribution in [1.29, 1.82) is 0 Å². The summed E-state index contributed by atoms with van der Waals surface area (Å²) in [6.45, 7) is 0.392. The van der Waals surface area contributed by atoms with Crippen molar-refractivity contribution in [1.82, 2.24) is 9.55 Å². The topological polar surface area (TPSA) is 104 Å². The molecule has 96 valence electrons. The predicted octanol–water partition coefficient (Wildman–Crippen LogP) is -0.313. The Morgan fingerprint density at radius 2 is 2.24 bits per heavy atom. The van der Waals surface area contributed by atoms with Gasteiger partial charge in [-0.05, 0) is 6.42 Å². The molecule has 1 rings (SSSR count).